The third-order valence-corrected chi connectivity index (χ3v) is 2.91. The van der Waals surface area contributed by atoms with Crippen molar-refractivity contribution in [2.24, 2.45) is 5.73 Å². The van der Waals surface area contributed by atoms with Crippen molar-refractivity contribution >= 4 is 15.9 Å². The molecule has 0 bridgehead atoms. The predicted octanol–water partition coefficient (Wildman–Crippen LogP) is -0.409. The number of benzene rings is 1. The van der Waals surface area contributed by atoms with E-state index < -0.39 is 15.9 Å². The first-order valence-electron chi connectivity index (χ1n) is 4.31. The third kappa shape index (κ3) is 4.09. The molecule has 6 heteroatoms. The number of sulfonamides is 1. The normalized spacial score (nSPS) is 11.0. The van der Waals surface area contributed by atoms with Gasteiger partial charge in [-0.05, 0) is 5.56 Å². The van der Waals surface area contributed by atoms with Gasteiger partial charge in [0.05, 0.1) is 12.3 Å². The van der Waals surface area contributed by atoms with E-state index >= 15 is 0 Å². The van der Waals surface area contributed by atoms with Crippen LogP contribution < -0.4 is 10.5 Å². The van der Waals surface area contributed by atoms with Crippen molar-refractivity contribution in [1.82, 2.24) is 4.72 Å². The van der Waals surface area contributed by atoms with Crippen LogP contribution in [0.25, 0.3) is 0 Å². The number of carbonyl (C=O) groups is 1. The fourth-order valence-electron chi connectivity index (χ4n) is 1.04. The van der Waals surface area contributed by atoms with Crippen molar-refractivity contribution in [3.63, 3.8) is 0 Å². The predicted molar refractivity (Wildman–Crippen MR) is 56.3 cm³/mol. The number of carbonyl (C=O) groups excluding carboxylic acids is 1. The van der Waals surface area contributed by atoms with Crippen LogP contribution in [-0.2, 0) is 20.6 Å². The van der Waals surface area contributed by atoms with E-state index in [4.69, 9.17) is 5.73 Å². The molecule has 0 unspecified atom stereocenters. The second kappa shape index (κ2) is 4.90. The van der Waals surface area contributed by atoms with Gasteiger partial charge in [0.1, 0.15) is 0 Å². The summed E-state index contributed by atoms with van der Waals surface area (Å²) in [5.41, 5.74) is 5.62. The molecule has 1 amide bonds. The second-order valence-electron chi connectivity index (χ2n) is 2.97. The standard InChI is InChI=1S/C9H12N2O3S/c10-6-9(12)11-15(13,14)7-8-4-2-1-3-5-8/h1-5H,6-7,10H2,(H,11,12). The van der Waals surface area contributed by atoms with Gasteiger partial charge < -0.3 is 5.73 Å². The highest BCUT2D eigenvalue weighted by Gasteiger charge is 2.13. The Kier molecular flexibility index (Phi) is 3.81. The molecule has 0 fully saturated rings. The maximum Gasteiger partial charge on any atom is 0.247 e. The van der Waals surface area contributed by atoms with Crippen LogP contribution in [0.4, 0.5) is 0 Å². The van der Waals surface area contributed by atoms with E-state index in [1.54, 1.807) is 30.3 Å². The number of amides is 1. The maximum absolute atomic E-state index is 11.4. The molecular formula is C9H12N2O3S. The zero-order valence-electron chi connectivity index (χ0n) is 8.01. The van der Waals surface area contributed by atoms with Gasteiger partial charge in [-0.2, -0.15) is 0 Å². The number of hydrogen-bond acceptors (Lipinski definition) is 4. The molecule has 0 saturated heterocycles. The van der Waals surface area contributed by atoms with E-state index in [1.807, 2.05) is 4.72 Å². The Balaban J connectivity index is 2.69. The van der Waals surface area contributed by atoms with Crippen molar-refractivity contribution < 1.29 is 13.2 Å². The molecule has 15 heavy (non-hydrogen) atoms. The molecule has 0 heterocycles. The van der Waals surface area contributed by atoms with Gasteiger partial charge in [0.25, 0.3) is 0 Å². The average Bonchev–Trinajstić information content (AvgIpc) is 2.17. The fourth-order valence-corrected chi connectivity index (χ4v) is 2.18. The first-order valence-corrected chi connectivity index (χ1v) is 5.96. The SMILES string of the molecule is NCC(=O)NS(=O)(=O)Cc1ccccc1. The average molecular weight is 228 g/mol. The first-order chi connectivity index (χ1) is 7.03. The zero-order valence-corrected chi connectivity index (χ0v) is 8.83. The van der Waals surface area contributed by atoms with Crippen LogP contribution in [-0.4, -0.2) is 20.9 Å². The Morgan fingerprint density at radius 1 is 1.27 bits per heavy atom. The minimum atomic E-state index is -3.63. The Labute approximate surface area is 88.3 Å². The summed E-state index contributed by atoms with van der Waals surface area (Å²) < 4.78 is 24.6. The summed E-state index contributed by atoms with van der Waals surface area (Å²) in [5, 5.41) is 0. The summed E-state index contributed by atoms with van der Waals surface area (Å²) in [7, 11) is -3.63. The third-order valence-electron chi connectivity index (χ3n) is 1.65. The largest absolute Gasteiger partial charge is 0.322 e. The maximum atomic E-state index is 11.4. The number of rotatable bonds is 4. The Morgan fingerprint density at radius 3 is 2.40 bits per heavy atom. The summed E-state index contributed by atoms with van der Waals surface area (Å²) >= 11 is 0. The topological polar surface area (TPSA) is 89.3 Å². The highest BCUT2D eigenvalue weighted by Crippen LogP contribution is 2.03. The van der Waals surface area contributed by atoms with E-state index in [9.17, 15) is 13.2 Å². The summed E-state index contributed by atoms with van der Waals surface area (Å²) in [6, 6.07) is 8.60. The van der Waals surface area contributed by atoms with Crippen LogP contribution in [0.1, 0.15) is 5.56 Å². The van der Waals surface area contributed by atoms with E-state index in [-0.39, 0.29) is 12.3 Å². The summed E-state index contributed by atoms with van der Waals surface area (Å²) in [4.78, 5) is 10.8. The minimum Gasteiger partial charge on any atom is -0.322 e. The molecule has 5 nitrogen and oxygen atoms in total. The fraction of sp³-hybridized carbons (Fsp3) is 0.222. The van der Waals surface area contributed by atoms with Crippen molar-refractivity contribution in [3.8, 4) is 0 Å². The van der Waals surface area contributed by atoms with E-state index in [1.165, 1.54) is 0 Å². The van der Waals surface area contributed by atoms with E-state index in [0.717, 1.165) is 0 Å². The van der Waals surface area contributed by atoms with E-state index in [0.29, 0.717) is 5.56 Å². The molecule has 0 spiro atoms. The van der Waals surface area contributed by atoms with Gasteiger partial charge in [0.15, 0.2) is 0 Å². The van der Waals surface area contributed by atoms with Crippen molar-refractivity contribution in [3.05, 3.63) is 35.9 Å². The molecule has 3 N–H and O–H groups in total. The van der Waals surface area contributed by atoms with Crippen LogP contribution in [0.5, 0.6) is 0 Å². The molecule has 1 aromatic rings. The number of nitrogens with two attached hydrogens (primary N) is 1. The van der Waals surface area contributed by atoms with Crippen molar-refractivity contribution in [2.75, 3.05) is 6.54 Å². The molecule has 1 rings (SSSR count). The molecule has 0 radical (unpaired) electrons. The van der Waals surface area contributed by atoms with Gasteiger partial charge in [-0.25, -0.2) is 8.42 Å². The van der Waals surface area contributed by atoms with Crippen LogP contribution in [0.15, 0.2) is 30.3 Å². The Bertz CT molecular complexity index is 428. The monoisotopic (exact) mass is 228 g/mol. The van der Waals surface area contributed by atoms with Gasteiger partial charge in [0, 0.05) is 0 Å². The van der Waals surface area contributed by atoms with Crippen LogP contribution >= 0.6 is 0 Å². The highest BCUT2D eigenvalue weighted by atomic mass is 32.2. The smallest absolute Gasteiger partial charge is 0.247 e. The van der Waals surface area contributed by atoms with Gasteiger partial charge in [-0.15, -0.1) is 0 Å². The minimum absolute atomic E-state index is 0.223. The molecule has 0 saturated carbocycles. The zero-order chi connectivity index (χ0) is 11.3. The Morgan fingerprint density at radius 2 is 1.87 bits per heavy atom. The molecule has 0 aliphatic rings. The lowest BCUT2D eigenvalue weighted by Crippen LogP contribution is -2.36. The molecule has 0 aliphatic carbocycles. The second-order valence-corrected chi connectivity index (χ2v) is 4.70. The number of nitrogens with one attached hydrogen (secondary N) is 1. The van der Waals surface area contributed by atoms with Crippen LogP contribution in [0.2, 0.25) is 0 Å². The molecule has 1 aromatic carbocycles. The van der Waals surface area contributed by atoms with Gasteiger partial charge in [0.2, 0.25) is 15.9 Å². The first kappa shape index (κ1) is 11.7. The molecule has 0 aliphatic heterocycles. The lowest BCUT2D eigenvalue weighted by molar-refractivity contribution is -0.118. The van der Waals surface area contributed by atoms with Gasteiger partial charge in [-0.1, -0.05) is 30.3 Å². The molecule has 0 aromatic heterocycles. The van der Waals surface area contributed by atoms with E-state index in [2.05, 4.69) is 0 Å². The van der Waals surface area contributed by atoms with Crippen LogP contribution in [0.3, 0.4) is 0 Å². The van der Waals surface area contributed by atoms with Gasteiger partial charge in [-0.3, -0.25) is 9.52 Å². The molecule has 82 valence electrons. The van der Waals surface area contributed by atoms with Crippen molar-refractivity contribution in [1.29, 1.82) is 0 Å². The summed E-state index contributed by atoms with van der Waals surface area (Å²) in [6.45, 7) is -0.339. The quantitative estimate of drug-likeness (QED) is 0.733. The summed E-state index contributed by atoms with van der Waals surface area (Å²) in [6.07, 6.45) is 0. The lowest BCUT2D eigenvalue weighted by Gasteiger charge is -2.05. The van der Waals surface area contributed by atoms with Crippen molar-refractivity contribution in [2.45, 2.75) is 5.75 Å². The molecule has 0 atom stereocenters. The lowest BCUT2D eigenvalue weighted by atomic mass is 10.2. The number of hydrogen-bond donors (Lipinski definition) is 2. The summed E-state index contributed by atoms with van der Waals surface area (Å²) in [5.74, 6) is -0.925. The molecular weight excluding hydrogens is 216 g/mol. The van der Waals surface area contributed by atoms with Gasteiger partial charge >= 0.3 is 0 Å². The Hall–Kier alpha value is -1.40. The highest BCUT2D eigenvalue weighted by molar-refractivity contribution is 7.89. The van der Waals surface area contributed by atoms with Crippen LogP contribution in [0, 0.1) is 0 Å².